The van der Waals surface area contributed by atoms with E-state index in [1.54, 1.807) is 0 Å². The number of carbonyl (C=O) groups is 1. The number of carboxylic acid groups (broad SMARTS) is 1. The van der Waals surface area contributed by atoms with Gasteiger partial charge in [-0.3, -0.25) is 0 Å². The van der Waals surface area contributed by atoms with Gasteiger partial charge in [0.1, 0.15) is 6.33 Å². The zero-order chi connectivity index (χ0) is 11.8. The van der Waals surface area contributed by atoms with Crippen LogP contribution < -0.4 is 0 Å². The average Bonchev–Trinajstić information content (AvgIpc) is 2.70. The van der Waals surface area contributed by atoms with E-state index >= 15 is 0 Å². The highest BCUT2D eigenvalue weighted by atomic mass is 32.2. The smallest absolute Gasteiger partial charge is 0.372 e. The lowest BCUT2D eigenvalue weighted by molar-refractivity contribution is 0.222. The van der Waals surface area contributed by atoms with Crippen molar-refractivity contribution in [3.8, 4) is 0 Å². The number of hydrogen-bond acceptors (Lipinski definition) is 5. The molecule has 17 heavy (non-hydrogen) atoms. The summed E-state index contributed by atoms with van der Waals surface area (Å²) in [5, 5.41) is 12.7. The molecule has 0 atom stereocenters. The van der Waals surface area contributed by atoms with Gasteiger partial charge in [-0.15, -0.1) is 5.10 Å². The molecule has 0 bridgehead atoms. The van der Waals surface area contributed by atoms with Crippen LogP contribution in [0, 0.1) is 0 Å². The molecule has 2 aromatic heterocycles. The molecule has 0 aliphatic heterocycles. The van der Waals surface area contributed by atoms with Crippen molar-refractivity contribution in [1.82, 2.24) is 19.6 Å². The Kier molecular flexibility index (Phi) is 2.19. The average molecular weight is 246 g/mol. The maximum absolute atomic E-state index is 10.6. The first-order valence-corrected chi connectivity index (χ1v) is 5.56. The molecule has 3 aromatic rings. The molecule has 2 heterocycles. The van der Waals surface area contributed by atoms with E-state index < -0.39 is 5.30 Å². The van der Waals surface area contributed by atoms with Crippen LogP contribution in [0.5, 0.6) is 0 Å². The summed E-state index contributed by atoms with van der Waals surface area (Å²) in [6, 6.07) is 7.51. The molecule has 0 aliphatic carbocycles. The Hall–Kier alpha value is -2.15. The van der Waals surface area contributed by atoms with Gasteiger partial charge >= 0.3 is 5.30 Å². The van der Waals surface area contributed by atoms with Crippen molar-refractivity contribution in [2.75, 3.05) is 0 Å². The number of nitrogens with zero attached hydrogens (tertiary/aromatic N) is 4. The maximum Gasteiger partial charge on any atom is 0.372 e. The van der Waals surface area contributed by atoms with E-state index in [1.807, 2.05) is 24.3 Å². The molecule has 1 N–H and O–H groups in total. The van der Waals surface area contributed by atoms with Gasteiger partial charge in [0.05, 0.1) is 5.52 Å². The largest absolute Gasteiger partial charge is 0.473 e. The molecule has 0 fully saturated rings. The highest BCUT2D eigenvalue weighted by Gasteiger charge is 2.11. The van der Waals surface area contributed by atoms with Crippen LogP contribution in [0.25, 0.3) is 16.6 Å². The molecule has 0 saturated carbocycles. The molecule has 0 spiro atoms. The standard InChI is InChI=1S/C10H6N4O2S/c15-10(16)17-9-12-8-6-3-1-2-4-7(6)11-5-14(8)13-9/h1-5H,(H,15,16). The Labute approximate surface area is 99.3 Å². The van der Waals surface area contributed by atoms with Crippen LogP contribution in [0.2, 0.25) is 0 Å². The third-order valence-corrected chi connectivity index (χ3v) is 2.77. The van der Waals surface area contributed by atoms with Crippen molar-refractivity contribution < 1.29 is 9.90 Å². The number of benzene rings is 1. The van der Waals surface area contributed by atoms with E-state index in [2.05, 4.69) is 15.1 Å². The maximum atomic E-state index is 10.6. The van der Waals surface area contributed by atoms with E-state index in [0.29, 0.717) is 17.4 Å². The SMILES string of the molecule is O=C(O)Sc1nc2c3ccccc3ncn2n1. The summed E-state index contributed by atoms with van der Waals surface area (Å²) in [6.07, 6.45) is 1.52. The van der Waals surface area contributed by atoms with E-state index in [0.717, 1.165) is 10.9 Å². The minimum atomic E-state index is -1.03. The van der Waals surface area contributed by atoms with Gasteiger partial charge in [-0.25, -0.2) is 19.3 Å². The molecule has 0 amide bonds. The van der Waals surface area contributed by atoms with Gasteiger partial charge in [-0.1, -0.05) is 12.1 Å². The third-order valence-electron chi connectivity index (χ3n) is 2.24. The summed E-state index contributed by atoms with van der Waals surface area (Å²) in [4.78, 5) is 18.9. The second-order valence-corrected chi connectivity index (χ2v) is 4.21. The summed E-state index contributed by atoms with van der Waals surface area (Å²) in [5.41, 5.74) is 1.42. The van der Waals surface area contributed by atoms with Crippen molar-refractivity contribution in [3.05, 3.63) is 30.6 Å². The summed E-state index contributed by atoms with van der Waals surface area (Å²) in [6.45, 7) is 0. The van der Waals surface area contributed by atoms with Crippen LogP contribution >= 0.6 is 11.8 Å². The number of para-hydroxylation sites is 1. The summed E-state index contributed by atoms with van der Waals surface area (Å²) < 4.78 is 1.48. The van der Waals surface area contributed by atoms with Crippen molar-refractivity contribution in [3.63, 3.8) is 0 Å². The van der Waals surface area contributed by atoms with Gasteiger partial charge in [-0.2, -0.15) is 0 Å². The predicted octanol–water partition coefficient (Wildman–Crippen LogP) is 2.05. The minimum absolute atomic E-state index is 0.204. The lowest BCUT2D eigenvalue weighted by atomic mass is 10.2. The topological polar surface area (TPSA) is 80.4 Å². The molecule has 0 saturated heterocycles. The van der Waals surface area contributed by atoms with Crippen molar-refractivity contribution in [2.45, 2.75) is 5.16 Å². The molecule has 84 valence electrons. The second-order valence-electron chi connectivity index (χ2n) is 3.29. The second kappa shape index (κ2) is 3.70. The first-order valence-electron chi connectivity index (χ1n) is 4.75. The monoisotopic (exact) mass is 246 g/mol. The lowest BCUT2D eigenvalue weighted by Gasteiger charge is -1.96. The zero-order valence-corrected chi connectivity index (χ0v) is 9.26. The molecule has 3 rings (SSSR count). The van der Waals surface area contributed by atoms with Crippen LogP contribution in [0.1, 0.15) is 0 Å². The molecule has 6 nitrogen and oxygen atoms in total. The fraction of sp³-hybridized carbons (Fsp3) is 0. The Balaban J connectivity index is 2.27. The molecule has 1 aromatic carbocycles. The van der Waals surface area contributed by atoms with Crippen molar-refractivity contribution >= 4 is 33.6 Å². The highest BCUT2D eigenvalue weighted by Crippen LogP contribution is 2.20. The Morgan fingerprint density at radius 2 is 2.18 bits per heavy atom. The van der Waals surface area contributed by atoms with Crippen LogP contribution in [-0.2, 0) is 0 Å². The van der Waals surface area contributed by atoms with Crippen molar-refractivity contribution in [1.29, 1.82) is 0 Å². The van der Waals surface area contributed by atoms with Crippen LogP contribution in [0.15, 0.2) is 35.7 Å². The van der Waals surface area contributed by atoms with Crippen molar-refractivity contribution in [2.24, 2.45) is 0 Å². The molecular weight excluding hydrogens is 240 g/mol. The van der Waals surface area contributed by atoms with E-state index in [9.17, 15) is 4.79 Å². The van der Waals surface area contributed by atoms with E-state index in [4.69, 9.17) is 5.11 Å². The molecule has 7 heteroatoms. The summed E-state index contributed by atoms with van der Waals surface area (Å²) in [7, 11) is 0. The Bertz CT molecular complexity index is 724. The summed E-state index contributed by atoms with van der Waals surface area (Å²) in [5.74, 6) is 0. The molecule has 0 radical (unpaired) electrons. The van der Waals surface area contributed by atoms with Gasteiger partial charge in [0, 0.05) is 17.1 Å². The Morgan fingerprint density at radius 1 is 1.35 bits per heavy atom. The first-order chi connectivity index (χ1) is 8.24. The van der Waals surface area contributed by atoms with Gasteiger partial charge in [0.15, 0.2) is 5.65 Å². The number of hydrogen-bond donors (Lipinski definition) is 1. The zero-order valence-electron chi connectivity index (χ0n) is 8.44. The van der Waals surface area contributed by atoms with Gasteiger partial charge in [-0.05, 0) is 12.1 Å². The van der Waals surface area contributed by atoms with Gasteiger partial charge in [0.25, 0.3) is 0 Å². The van der Waals surface area contributed by atoms with E-state index in [-0.39, 0.29) is 5.16 Å². The van der Waals surface area contributed by atoms with Gasteiger partial charge in [0.2, 0.25) is 5.16 Å². The Morgan fingerprint density at radius 3 is 3.00 bits per heavy atom. The highest BCUT2D eigenvalue weighted by molar-refractivity contribution is 8.13. The lowest BCUT2D eigenvalue weighted by Crippen LogP contribution is -1.90. The third kappa shape index (κ3) is 1.70. The first kappa shape index (κ1) is 10.0. The van der Waals surface area contributed by atoms with Crippen LogP contribution in [0.4, 0.5) is 4.79 Å². The minimum Gasteiger partial charge on any atom is -0.473 e. The van der Waals surface area contributed by atoms with Gasteiger partial charge < -0.3 is 5.11 Å². The number of thioether (sulfide) groups is 1. The predicted molar refractivity (Wildman–Crippen MR) is 62.2 cm³/mol. The fourth-order valence-corrected chi connectivity index (χ4v) is 2.00. The molecule has 0 unspecified atom stereocenters. The van der Waals surface area contributed by atoms with E-state index in [1.165, 1.54) is 10.8 Å². The quantitative estimate of drug-likeness (QED) is 0.662. The number of rotatable bonds is 1. The van der Waals surface area contributed by atoms with Crippen LogP contribution in [0.3, 0.4) is 0 Å². The summed E-state index contributed by atoms with van der Waals surface area (Å²) >= 11 is 0.579. The molecular formula is C10H6N4O2S. The number of aromatic nitrogens is 4. The van der Waals surface area contributed by atoms with Crippen LogP contribution in [-0.4, -0.2) is 30.0 Å². The molecule has 0 aliphatic rings. The fourth-order valence-electron chi connectivity index (χ4n) is 1.58. The number of fused-ring (bicyclic) bond motifs is 3. The normalized spacial score (nSPS) is 11.1.